The Labute approximate surface area is 96.2 Å². The molecule has 0 aliphatic rings. The number of Topliss-reactive ketones (excluding diaryl/α,β-unsaturated/α-hetero) is 1. The Balaban J connectivity index is 2.88. The van der Waals surface area contributed by atoms with Crippen molar-refractivity contribution in [2.45, 2.75) is 13.3 Å². The predicted octanol–water partition coefficient (Wildman–Crippen LogP) is 3.49. The van der Waals surface area contributed by atoms with E-state index in [4.69, 9.17) is 4.74 Å². The van der Waals surface area contributed by atoms with Gasteiger partial charge in [-0.15, -0.1) is 6.58 Å². The van der Waals surface area contributed by atoms with Gasteiger partial charge in [-0.25, -0.2) is 0 Å². The molecule has 0 radical (unpaired) electrons. The Kier molecular flexibility index (Phi) is 4.52. The molecule has 0 bridgehead atoms. The molecule has 0 heterocycles. The summed E-state index contributed by atoms with van der Waals surface area (Å²) in [4.78, 5) is 11.2. The molecule has 2 nitrogen and oxygen atoms in total. The van der Waals surface area contributed by atoms with Gasteiger partial charge in [0.15, 0.2) is 5.78 Å². The highest BCUT2D eigenvalue weighted by atomic mass is 16.5. The molecular weight excluding hydrogens is 200 g/mol. The number of ether oxygens (including phenoxy) is 1. The lowest BCUT2D eigenvalue weighted by molar-refractivity contribution is 0.101. The molecule has 2 heteroatoms. The molecule has 0 atom stereocenters. The first-order chi connectivity index (χ1) is 7.69. The fourth-order valence-electron chi connectivity index (χ4n) is 1.31. The third kappa shape index (κ3) is 3.09. The van der Waals surface area contributed by atoms with E-state index in [0.29, 0.717) is 12.2 Å². The molecule has 0 N–H and O–H groups in total. The molecule has 0 saturated heterocycles. The van der Waals surface area contributed by atoms with Gasteiger partial charge in [0, 0.05) is 11.1 Å². The summed E-state index contributed by atoms with van der Waals surface area (Å²) in [5, 5.41) is 0. The maximum Gasteiger partial charge on any atom is 0.159 e. The second-order valence-corrected chi connectivity index (χ2v) is 3.44. The van der Waals surface area contributed by atoms with Crippen LogP contribution < -0.4 is 4.74 Å². The van der Waals surface area contributed by atoms with Gasteiger partial charge in [-0.05, 0) is 31.5 Å². The van der Waals surface area contributed by atoms with Gasteiger partial charge < -0.3 is 4.74 Å². The molecule has 0 aliphatic carbocycles. The Morgan fingerprint density at radius 2 is 2.19 bits per heavy atom. The summed E-state index contributed by atoms with van der Waals surface area (Å²) in [5.74, 6) is 0.794. The zero-order valence-corrected chi connectivity index (χ0v) is 9.53. The smallest absolute Gasteiger partial charge is 0.159 e. The maximum atomic E-state index is 11.2. The summed E-state index contributed by atoms with van der Waals surface area (Å²) in [6.45, 7) is 9.46. The zero-order chi connectivity index (χ0) is 12.0. The van der Waals surface area contributed by atoms with Crippen LogP contribution in [0.15, 0.2) is 37.4 Å². The molecule has 1 aromatic carbocycles. The summed E-state index contributed by atoms with van der Waals surface area (Å²) in [7, 11) is 0. The number of hydrogen-bond acceptors (Lipinski definition) is 2. The Morgan fingerprint density at radius 3 is 2.75 bits per heavy atom. The maximum absolute atomic E-state index is 11.2. The molecule has 1 aromatic rings. The summed E-state index contributed by atoms with van der Waals surface area (Å²) in [5.41, 5.74) is 1.52. The predicted molar refractivity (Wildman–Crippen MR) is 66.8 cm³/mol. The first kappa shape index (κ1) is 12.2. The van der Waals surface area contributed by atoms with Crippen molar-refractivity contribution in [1.29, 1.82) is 0 Å². The molecule has 0 fully saturated rings. The Bertz CT molecular complexity index is 405. The van der Waals surface area contributed by atoms with E-state index >= 15 is 0 Å². The van der Waals surface area contributed by atoms with Crippen LogP contribution in [0.2, 0.25) is 0 Å². The minimum Gasteiger partial charge on any atom is -0.493 e. The van der Waals surface area contributed by atoms with Crippen molar-refractivity contribution in [2.24, 2.45) is 0 Å². The number of rotatable bonds is 6. The van der Waals surface area contributed by atoms with Crippen molar-refractivity contribution >= 4 is 11.9 Å². The van der Waals surface area contributed by atoms with Crippen LogP contribution >= 0.6 is 0 Å². The Morgan fingerprint density at radius 1 is 1.44 bits per heavy atom. The standard InChI is InChI=1S/C14H16O2/c1-4-6-9-16-14-8-7-13(11(3)15)10-12(14)5-2/h4-5,7-8,10H,1-2,6,9H2,3H3. The van der Waals surface area contributed by atoms with Crippen molar-refractivity contribution < 1.29 is 9.53 Å². The van der Waals surface area contributed by atoms with Crippen molar-refractivity contribution in [2.75, 3.05) is 6.61 Å². The lowest BCUT2D eigenvalue weighted by Crippen LogP contribution is -1.99. The highest BCUT2D eigenvalue weighted by molar-refractivity contribution is 5.94. The first-order valence-corrected chi connectivity index (χ1v) is 5.20. The van der Waals surface area contributed by atoms with Crippen LogP contribution in [0.4, 0.5) is 0 Å². The fourth-order valence-corrected chi connectivity index (χ4v) is 1.31. The molecule has 16 heavy (non-hydrogen) atoms. The van der Waals surface area contributed by atoms with Crippen LogP contribution in [-0.2, 0) is 0 Å². The van der Waals surface area contributed by atoms with Gasteiger partial charge in [0.2, 0.25) is 0 Å². The topological polar surface area (TPSA) is 26.3 Å². The summed E-state index contributed by atoms with van der Waals surface area (Å²) in [6.07, 6.45) is 4.29. The van der Waals surface area contributed by atoms with E-state index in [1.54, 1.807) is 37.3 Å². The minimum absolute atomic E-state index is 0.0424. The van der Waals surface area contributed by atoms with Gasteiger partial charge in [0.1, 0.15) is 5.75 Å². The summed E-state index contributed by atoms with van der Waals surface area (Å²) in [6, 6.07) is 5.36. The second kappa shape index (κ2) is 5.91. The van der Waals surface area contributed by atoms with Crippen LogP contribution in [0.1, 0.15) is 29.3 Å². The number of benzene rings is 1. The van der Waals surface area contributed by atoms with E-state index < -0.39 is 0 Å². The van der Waals surface area contributed by atoms with Crippen LogP contribution in [0.25, 0.3) is 6.08 Å². The Hall–Kier alpha value is -1.83. The SMILES string of the molecule is C=CCCOc1ccc(C(C)=O)cc1C=C. The lowest BCUT2D eigenvalue weighted by Gasteiger charge is -2.09. The van der Waals surface area contributed by atoms with Crippen LogP contribution in [0.3, 0.4) is 0 Å². The van der Waals surface area contributed by atoms with Gasteiger partial charge in [-0.1, -0.05) is 18.7 Å². The molecule has 84 valence electrons. The highest BCUT2D eigenvalue weighted by Gasteiger charge is 2.04. The van der Waals surface area contributed by atoms with E-state index in [1.807, 2.05) is 0 Å². The molecule has 0 unspecified atom stereocenters. The zero-order valence-electron chi connectivity index (χ0n) is 9.53. The van der Waals surface area contributed by atoms with Gasteiger partial charge >= 0.3 is 0 Å². The lowest BCUT2D eigenvalue weighted by atomic mass is 10.1. The number of carbonyl (C=O) groups is 1. The van der Waals surface area contributed by atoms with Crippen molar-refractivity contribution in [1.82, 2.24) is 0 Å². The monoisotopic (exact) mass is 216 g/mol. The van der Waals surface area contributed by atoms with Crippen molar-refractivity contribution in [3.63, 3.8) is 0 Å². The molecule has 0 amide bonds. The van der Waals surface area contributed by atoms with Gasteiger partial charge in [0.05, 0.1) is 6.61 Å². The van der Waals surface area contributed by atoms with Gasteiger partial charge in [-0.3, -0.25) is 4.79 Å². The number of carbonyl (C=O) groups excluding carboxylic acids is 1. The van der Waals surface area contributed by atoms with E-state index in [9.17, 15) is 4.79 Å². The van der Waals surface area contributed by atoms with E-state index in [-0.39, 0.29) is 5.78 Å². The molecule has 0 aromatic heterocycles. The summed E-state index contributed by atoms with van der Waals surface area (Å²) < 4.78 is 5.55. The third-order valence-electron chi connectivity index (χ3n) is 2.22. The number of ketones is 1. The van der Waals surface area contributed by atoms with Crippen LogP contribution in [0, 0.1) is 0 Å². The average Bonchev–Trinajstić information content (AvgIpc) is 2.29. The van der Waals surface area contributed by atoms with E-state index in [1.165, 1.54) is 0 Å². The van der Waals surface area contributed by atoms with Gasteiger partial charge in [0.25, 0.3) is 0 Å². The van der Waals surface area contributed by atoms with Crippen LogP contribution in [0.5, 0.6) is 5.75 Å². The molecule has 0 spiro atoms. The molecular formula is C14H16O2. The first-order valence-electron chi connectivity index (χ1n) is 5.20. The molecule has 0 aliphatic heterocycles. The molecule has 1 rings (SSSR count). The minimum atomic E-state index is 0.0424. The van der Waals surface area contributed by atoms with Crippen molar-refractivity contribution in [3.8, 4) is 5.75 Å². The highest BCUT2D eigenvalue weighted by Crippen LogP contribution is 2.21. The number of hydrogen-bond donors (Lipinski definition) is 0. The third-order valence-corrected chi connectivity index (χ3v) is 2.22. The quantitative estimate of drug-likeness (QED) is 0.413. The van der Waals surface area contributed by atoms with E-state index in [0.717, 1.165) is 17.7 Å². The summed E-state index contributed by atoms with van der Waals surface area (Å²) >= 11 is 0. The van der Waals surface area contributed by atoms with E-state index in [2.05, 4.69) is 13.2 Å². The normalized spacial score (nSPS) is 9.56. The largest absolute Gasteiger partial charge is 0.493 e. The van der Waals surface area contributed by atoms with Gasteiger partial charge in [-0.2, -0.15) is 0 Å². The average molecular weight is 216 g/mol. The van der Waals surface area contributed by atoms with Crippen molar-refractivity contribution in [3.05, 3.63) is 48.6 Å². The second-order valence-electron chi connectivity index (χ2n) is 3.44. The fraction of sp³-hybridized carbons (Fsp3) is 0.214. The van der Waals surface area contributed by atoms with Crippen LogP contribution in [-0.4, -0.2) is 12.4 Å². The molecule has 0 saturated carbocycles.